The first kappa shape index (κ1) is 25.6. The van der Waals surface area contributed by atoms with Crippen LogP contribution in [-0.4, -0.2) is 42.2 Å². The predicted octanol–water partition coefficient (Wildman–Crippen LogP) is 2.99. The minimum atomic E-state index is -1.33. The minimum absolute atomic E-state index is 0.0513. The molecule has 1 unspecified atom stereocenters. The molecule has 0 spiro atoms. The van der Waals surface area contributed by atoms with E-state index in [9.17, 15) is 19.5 Å². The van der Waals surface area contributed by atoms with Gasteiger partial charge >= 0.3 is 11.9 Å². The molecule has 0 fully saturated rings. The van der Waals surface area contributed by atoms with Crippen molar-refractivity contribution in [2.24, 2.45) is 11.3 Å². The van der Waals surface area contributed by atoms with Gasteiger partial charge in [-0.05, 0) is 24.3 Å². The van der Waals surface area contributed by atoms with Crippen LogP contribution in [0, 0.1) is 11.3 Å². The predicted molar refractivity (Wildman–Crippen MR) is 113 cm³/mol. The molecule has 7 nitrogen and oxygen atoms in total. The van der Waals surface area contributed by atoms with Crippen molar-refractivity contribution < 1.29 is 29.0 Å². The van der Waals surface area contributed by atoms with Gasteiger partial charge in [0.2, 0.25) is 5.91 Å². The fraction of sp³-hybridized carbons (Fsp3) is 0.609. The second-order valence-corrected chi connectivity index (χ2v) is 8.53. The van der Waals surface area contributed by atoms with Crippen LogP contribution < -0.4 is 5.32 Å². The molecule has 2 N–H and O–H groups in total. The molecule has 1 aromatic carbocycles. The lowest BCUT2D eigenvalue weighted by atomic mass is 9.87. The molecular weight excluding hydrogens is 386 g/mol. The number of rotatable bonds is 13. The number of hydrogen-bond donors (Lipinski definition) is 2. The molecule has 0 aliphatic rings. The number of carbonyl (C=O) groups is 3. The Bertz CT molecular complexity index is 672. The summed E-state index contributed by atoms with van der Waals surface area (Å²) in [7, 11) is 0. The highest BCUT2D eigenvalue weighted by atomic mass is 16.5. The monoisotopic (exact) mass is 421 g/mol. The SMILES string of the molecule is CC(C)CCC(=O)OCC(C)(C)C(O)C(=O)NCCCC(=O)OCc1ccccc1. The Kier molecular flexibility index (Phi) is 11.1. The van der Waals surface area contributed by atoms with Crippen molar-refractivity contribution in [1.82, 2.24) is 5.32 Å². The van der Waals surface area contributed by atoms with Crippen molar-refractivity contribution in [3.63, 3.8) is 0 Å². The van der Waals surface area contributed by atoms with E-state index in [0.29, 0.717) is 18.8 Å². The van der Waals surface area contributed by atoms with E-state index in [1.54, 1.807) is 13.8 Å². The normalized spacial score (nSPS) is 12.3. The molecule has 0 aromatic heterocycles. The van der Waals surface area contributed by atoms with Gasteiger partial charge in [-0.1, -0.05) is 58.0 Å². The van der Waals surface area contributed by atoms with Crippen molar-refractivity contribution in [3.8, 4) is 0 Å². The average Bonchev–Trinajstić information content (AvgIpc) is 2.72. The van der Waals surface area contributed by atoms with E-state index < -0.39 is 17.4 Å². The molecule has 0 saturated heterocycles. The molecule has 0 saturated carbocycles. The summed E-state index contributed by atoms with van der Waals surface area (Å²) in [5, 5.41) is 12.9. The summed E-state index contributed by atoms with van der Waals surface area (Å²) in [6, 6.07) is 9.38. The van der Waals surface area contributed by atoms with Crippen LogP contribution in [0.15, 0.2) is 30.3 Å². The Labute approximate surface area is 179 Å². The standard InChI is InChI=1S/C23H35NO6/c1-17(2)12-13-20(26)30-16-23(3,4)21(27)22(28)24-14-8-11-19(25)29-15-18-9-6-5-7-10-18/h5-7,9-10,17,21,27H,8,11-16H2,1-4H3,(H,24,28). The van der Waals surface area contributed by atoms with Crippen LogP contribution >= 0.6 is 0 Å². The van der Waals surface area contributed by atoms with E-state index >= 15 is 0 Å². The maximum atomic E-state index is 12.2. The summed E-state index contributed by atoms with van der Waals surface area (Å²) in [5.41, 5.74) is -0.0129. The highest BCUT2D eigenvalue weighted by molar-refractivity contribution is 5.81. The number of nitrogens with one attached hydrogen (secondary N) is 1. The first-order chi connectivity index (χ1) is 14.1. The average molecular weight is 422 g/mol. The lowest BCUT2D eigenvalue weighted by molar-refractivity contribution is -0.153. The quantitative estimate of drug-likeness (QED) is 0.375. The summed E-state index contributed by atoms with van der Waals surface area (Å²) in [6.45, 7) is 7.77. The Morgan fingerprint density at radius 3 is 2.30 bits per heavy atom. The third-order valence-electron chi connectivity index (χ3n) is 4.62. The Morgan fingerprint density at radius 2 is 1.67 bits per heavy atom. The van der Waals surface area contributed by atoms with E-state index in [0.717, 1.165) is 12.0 Å². The van der Waals surface area contributed by atoms with Crippen LogP contribution in [0.5, 0.6) is 0 Å². The number of benzene rings is 1. The van der Waals surface area contributed by atoms with Crippen molar-refractivity contribution >= 4 is 17.8 Å². The van der Waals surface area contributed by atoms with Gasteiger partial charge in [0.25, 0.3) is 0 Å². The lowest BCUT2D eigenvalue weighted by Crippen LogP contribution is -2.46. The number of esters is 2. The molecule has 0 radical (unpaired) electrons. The van der Waals surface area contributed by atoms with E-state index in [2.05, 4.69) is 5.32 Å². The van der Waals surface area contributed by atoms with Gasteiger partial charge in [-0.15, -0.1) is 0 Å². The maximum absolute atomic E-state index is 12.2. The number of ether oxygens (including phenoxy) is 2. The number of aliphatic hydroxyl groups excluding tert-OH is 1. The van der Waals surface area contributed by atoms with E-state index in [-0.39, 0.29) is 38.1 Å². The molecule has 1 rings (SSSR count). The fourth-order valence-corrected chi connectivity index (χ4v) is 2.53. The van der Waals surface area contributed by atoms with Crippen molar-refractivity contribution in [3.05, 3.63) is 35.9 Å². The summed E-state index contributed by atoms with van der Waals surface area (Å²) < 4.78 is 10.4. The summed E-state index contributed by atoms with van der Waals surface area (Å²) >= 11 is 0. The van der Waals surface area contributed by atoms with Gasteiger partial charge in [-0.3, -0.25) is 14.4 Å². The number of aliphatic hydroxyl groups is 1. The van der Waals surface area contributed by atoms with Crippen LogP contribution in [0.4, 0.5) is 0 Å². The van der Waals surface area contributed by atoms with Gasteiger partial charge in [0.15, 0.2) is 0 Å². The van der Waals surface area contributed by atoms with Gasteiger partial charge in [-0.25, -0.2) is 0 Å². The second-order valence-electron chi connectivity index (χ2n) is 8.53. The third kappa shape index (κ3) is 10.4. The molecule has 168 valence electrons. The molecule has 1 aromatic rings. The topological polar surface area (TPSA) is 102 Å². The summed E-state index contributed by atoms with van der Waals surface area (Å²) in [4.78, 5) is 35.7. The van der Waals surface area contributed by atoms with Crippen LogP contribution in [0.3, 0.4) is 0 Å². The zero-order valence-corrected chi connectivity index (χ0v) is 18.5. The minimum Gasteiger partial charge on any atom is -0.465 e. The lowest BCUT2D eigenvalue weighted by Gasteiger charge is -2.29. The molecule has 7 heteroatoms. The second kappa shape index (κ2) is 13.0. The van der Waals surface area contributed by atoms with E-state index in [4.69, 9.17) is 9.47 Å². The highest BCUT2D eigenvalue weighted by Gasteiger charge is 2.34. The maximum Gasteiger partial charge on any atom is 0.306 e. The fourth-order valence-electron chi connectivity index (χ4n) is 2.53. The number of amides is 1. The summed E-state index contributed by atoms with van der Waals surface area (Å²) in [5.74, 6) is -0.839. The van der Waals surface area contributed by atoms with Crippen molar-refractivity contribution in [2.75, 3.05) is 13.2 Å². The molecule has 0 aliphatic heterocycles. The van der Waals surface area contributed by atoms with Crippen molar-refractivity contribution in [2.45, 2.75) is 66.1 Å². The number of carbonyl (C=O) groups excluding carboxylic acids is 3. The first-order valence-electron chi connectivity index (χ1n) is 10.4. The van der Waals surface area contributed by atoms with Crippen LogP contribution in [0.2, 0.25) is 0 Å². The first-order valence-corrected chi connectivity index (χ1v) is 10.4. The Balaban J connectivity index is 2.25. The van der Waals surface area contributed by atoms with E-state index in [1.165, 1.54) is 0 Å². The number of hydrogen-bond acceptors (Lipinski definition) is 6. The largest absolute Gasteiger partial charge is 0.465 e. The Hall–Kier alpha value is -2.41. The third-order valence-corrected chi connectivity index (χ3v) is 4.62. The molecule has 0 heterocycles. The van der Waals surface area contributed by atoms with Gasteiger partial charge in [0.1, 0.15) is 12.7 Å². The zero-order valence-electron chi connectivity index (χ0n) is 18.5. The van der Waals surface area contributed by atoms with Crippen LogP contribution in [0.25, 0.3) is 0 Å². The van der Waals surface area contributed by atoms with Crippen LogP contribution in [-0.2, 0) is 30.5 Å². The van der Waals surface area contributed by atoms with Crippen LogP contribution in [0.1, 0.15) is 58.9 Å². The van der Waals surface area contributed by atoms with Gasteiger partial charge in [-0.2, -0.15) is 0 Å². The summed E-state index contributed by atoms with van der Waals surface area (Å²) in [6.07, 6.45) is 0.281. The molecule has 0 bridgehead atoms. The highest BCUT2D eigenvalue weighted by Crippen LogP contribution is 2.22. The van der Waals surface area contributed by atoms with E-state index in [1.807, 2.05) is 44.2 Å². The molecule has 0 aliphatic carbocycles. The molecule has 30 heavy (non-hydrogen) atoms. The smallest absolute Gasteiger partial charge is 0.306 e. The Morgan fingerprint density at radius 1 is 1.03 bits per heavy atom. The zero-order chi connectivity index (χ0) is 22.6. The van der Waals surface area contributed by atoms with Gasteiger partial charge in [0.05, 0.1) is 6.61 Å². The van der Waals surface area contributed by atoms with Gasteiger partial charge in [0, 0.05) is 24.8 Å². The molecular formula is C23H35NO6. The molecule has 1 atom stereocenters. The molecule has 1 amide bonds. The van der Waals surface area contributed by atoms with Crippen molar-refractivity contribution in [1.29, 1.82) is 0 Å². The van der Waals surface area contributed by atoms with Gasteiger partial charge < -0.3 is 19.9 Å².